The van der Waals surface area contributed by atoms with Crippen molar-refractivity contribution in [2.24, 2.45) is 0 Å². The van der Waals surface area contributed by atoms with Crippen LogP contribution in [0.15, 0.2) is 88.2 Å². The average Bonchev–Trinajstić information content (AvgIpc) is 3.43. The molecule has 200 valence electrons. The van der Waals surface area contributed by atoms with Crippen molar-refractivity contribution in [3.8, 4) is 0 Å². The molecule has 1 atom stereocenters. The van der Waals surface area contributed by atoms with Gasteiger partial charge in [-0.3, -0.25) is 9.59 Å². The Morgan fingerprint density at radius 1 is 0.974 bits per heavy atom. The molecule has 7 heteroatoms. The topological polar surface area (TPSA) is 49.4 Å². The van der Waals surface area contributed by atoms with Gasteiger partial charge in [0, 0.05) is 39.8 Å². The van der Waals surface area contributed by atoms with E-state index in [1.54, 1.807) is 16.7 Å². The van der Waals surface area contributed by atoms with Gasteiger partial charge in [0.25, 0.3) is 0 Å². The molecule has 0 heterocycles. The van der Waals surface area contributed by atoms with Crippen molar-refractivity contribution in [1.82, 2.24) is 10.2 Å². The molecule has 0 aromatic heterocycles. The van der Waals surface area contributed by atoms with Crippen molar-refractivity contribution in [3.05, 3.63) is 99.5 Å². The highest BCUT2D eigenvalue weighted by molar-refractivity contribution is 9.10. The fraction of sp³-hybridized carbons (Fsp3) is 0.355. The minimum Gasteiger partial charge on any atom is -0.352 e. The number of hydrogen-bond donors (Lipinski definition) is 1. The van der Waals surface area contributed by atoms with Crippen molar-refractivity contribution in [3.63, 3.8) is 0 Å². The van der Waals surface area contributed by atoms with Crippen molar-refractivity contribution in [2.75, 3.05) is 5.75 Å². The Morgan fingerprint density at radius 3 is 2.39 bits per heavy atom. The standard InChI is InChI=1S/C31H34BrClN2O2S/c32-25-11-6-10-24(20-25)22-35(30(36)14-7-19-38-28-17-15-26(33)16-18-28)29(21-23-8-2-1-3-9-23)31(37)34-27-12-4-5-13-27/h1-3,6,8-11,15-18,20,27,29H,4-5,7,12-14,19,21-22H2,(H,34,37). The maximum absolute atomic E-state index is 13.8. The van der Waals surface area contributed by atoms with Gasteiger partial charge in [-0.1, -0.05) is 82.8 Å². The first kappa shape index (κ1) is 28.7. The Kier molecular flexibility index (Phi) is 11.2. The molecule has 2 amide bonds. The second kappa shape index (κ2) is 14.8. The van der Waals surface area contributed by atoms with Crippen LogP contribution < -0.4 is 5.32 Å². The predicted octanol–water partition coefficient (Wildman–Crippen LogP) is 7.67. The molecule has 1 saturated carbocycles. The molecule has 1 fully saturated rings. The molecule has 0 bridgehead atoms. The zero-order chi connectivity index (χ0) is 26.7. The third-order valence-electron chi connectivity index (χ3n) is 6.83. The monoisotopic (exact) mass is 612 g/mol. The number of hydrogen-bond acceptors (Lipinski definition) is 3. The molecule has 1 aliphatic rings. The number of nitrogens with zero attached hydrogens (tertiary/aromatic N) is 1. The number of carbonyl (C=O) groups is 2. The van der Waals surface area contributed by atoms with Crippen molar-refractivity contribution >= 4 is 51.1 Å². The maximum atomic E-state index is 13.8. The lowest BCUT2D eigenvalue weighted by Crippen LogP contribution is -2.52. The molecule has 4 nitrogen and oxygen atoms in total. The van der Waals surface area contributed by atoms with Crippen LogP contribution in [0.4, 0.5) is 0 Å². The lowest BCUT2D eigenvalue weighted by molar-refractivity contribution is -0.141. The van der Waals surface area contributed by atoms with E-state index in [4.69, 9.17) is 11.6 Å². The van der Waals surface area contributed by atoms with E-state index < -0.39 is 6.04 Å². The lowest BCUT2D eigenvalue weighted by atomic mass is 10.0. The van der Waals surface area contributed by atoms with Crippen molar-refractivity contribution in [1.29, 1.82) is 0 Å². The zero-order valence-corrected chi connectivity index (χ0v) is 24.6. The zero-order valence-electron chi connectivity index (χ0n) is 21.5. The number of benzene rings is 3. The first-order chi connectivity index (χ1) is 18.5. The molecule has 1 unspecified atom stereocenters. The minimum atomic E-state index is -0.576. The van der Waals surface area contributed by atoms with E-state index >= 15 is 0 Å². The van der Waals surface area contributed by atoms with E-state index in [2.05, 4.69) is 21.2 Å². The first-order valence-electron chi connectivity index (χ1n) is 13.2. The molecular formula is C31H34BrClN2O2S. The quantitative estimate of drug-likeness (QED) is 0.168. The molecule has 0 saturated heterocycles. The van der Waals surface area contributed by atoms with Crippen LogP contribution in [0, 0.1) is 0 Å². The number of halogens is 2. The van der Waals surface area contributed by atoms with Crippen LogP contribution in [0.3, 0.4) is 0 Å². The van der Waals surface area contributed by atoms with Crippen LogP contribution in [0.2, 0.25) is 5.02 Å². The molecule has 0 aliphatic heterocycles. The summed E-state index contributed by atoms with van der Waals surface area (Å²) in [5.74, 6) is 0.763. The summed E-state index contributed by atoms with van der Waals surface area (Å²) in [6, 6.07) is 25.3. The number of nitrogens with one attached hydrogen (secondary N) is 1. The van der Waals surface area contributed by atoms with Crippen LogP contribution in [-0.2, 0) is 22.6 Å². The van der Waals surface area contributed by atoms with Gasteiger partial charge in [-0.2, -0.15) is 0 Å². The van der Waals surface area contributed by atoms with Gasteiger partial charge in [0.2, 0.25) is 11.8 Å². The molecule has 3 aromatic carbocycles. The summed E-state index contributed by atoms with van der Waals surface area (Å²) < 4.78 is 0.955. The Morgan fingerprint density at radius 2 is 1.68 bits per heavy atom. The van der Waals surface area contributed by atoms with Crippen LogP contribution in [-0.4, -0.2) is 34.6 Å². The van der Waals surface area contributed by atoms with Gasteiger partial charge >= 0.3 is 0 Å². The Labute approximate surface area is 243 Å². The molecule has 1 aliphatic carbocycles. The summed E-state index contributed by atoms with van der Waals surface area (Å²) in [5.41, 5.74) is 2.04. The maximum Gasteiger partial charge on any atom is 0.243 e. The van der Waals surface area contributed by atoms with E-state index in [0.29, 0.717) is 24.4 Å². The SMILES string of the molecule is O=C(NC1CCCC1)C(Cc1ccccc1)N(Cc1cccc(Br)c1)C(=O)CCCSc1ccc(Cl)cc1. The van der Waals surface area contributed by atoms with Gasteiger partial charge in [-0.15, -0.1) is 11.8 Å². The summed E-state index contributed by atoms with van der Waals surface area (Å²) in [7, 11) is 0. The van der Waals surface area contributed by atoms with E-state index in [1.807, 2.05) is 78.9 Å². The van der Waals surface area contributed by atoms with Gasteiger partial charge in [0.1, 0.15) is 6.04 Å². The van der Waals surface area contributed by atoms with Gasteiger partial charge in [0.15, 0.2) is 0 Å². The Balaban J connectivity index is 1.51. The minimum absolute atomic E-state index is 0.00387. The van der Waals surface area contributed by atoms with E-state index in [-0.39, 0.29) is 17.9 Å². The molecule has 1 N–H and O–H groups in total. The van der Waals surface area contributed by atoms with Crippen LogP contribution >= 0.6 is 39.3 Å². The normalized spacial score (nSPS) is 14.3. The summed E-state index contributed by atoms with van der Waals surface area (Å²) >= 11 is 11.3. The van der Waals surface area contributed by atoms with E-state index in [0.717, 1.165) is 58.4 Å². The Bertz CT molecular complexity index is 1190. The highest BCUT2D eigenvalue weighted by atomic mass is 79.9. The molecular weight excluding hydrogens is 580 g/mol. The van der Waals surface area contributed by atoms with Crippen molar-refractivity contribution < 1.29 is 9.59 Å². The Hall–Kier alpha value is -2.28. The molecule has 4 rings (SSSR count). The molecule has 38 heavy (non-hydrogen) atoms. The van der Waals surface area contributed by atoms with Crippen molar-refractivity contribution in [2.45, 2.75) is 68.5 Å². The van der Waals surface area contributed by atoms with Crippen LogP contribution in [0.25, 0.3) is 0 Å². The summed E-state index contributed by atoms with van der Waals surface area (Å²) in [5, 5.41) is 3.98. The number of rotatable bonds is 12. The van der Waals surface area contributed by atoms with E-state index in [1.165, 1.54) is 0 Å². The molecule has 0 radical (unpaired) electrons. The second-order valence-corrected chi connectivity index (χ2v) is 12.3. The van der Waals surface area contributed by atoms with Gasteiger partial charge in [-0.25, -0.2) is 0 Å². The number of thioether (sulfide) groups is 1. The summed E-state index contributed by atoms with van der Waals surface area (Å²) in [6.07, 6.45) is 5.88. The van der Waals surface area contributed by atoms with E-state index in [9.17, 15) is 9.59 Å². The highest BCUT2D eigenvalue weighted by Gasteiger charge is 2.32. The largest absolute Gasteiger partial charge is 0.352 e. The van der Waals surface area contributed by atoms with Gasteiger partial charge in [0.05, 0.1) is 0 Å². The third-order valence-corrected chi connectivity index (χ3v) is 8.68. The molecule has 0 spiro atoms. The first-order valence-corrected chi connectivity index (χ1v) is 15.4. The fourth-order valence-electron chi connectivity index (χ4n) is 4.84. The van der Waals surface area contributed by atoms with Gasteiger partial charge in [-0.05, 0) is 72.5 Å². The lowest BCUT2D eigenvalue weighted by Gasteiger charge is -2.32. The number of carbonyl (C=O) groups excluding carboxylic acids is 2. The second-order valence-electron chi connectivity index (χ2n) is 9.75. The summed E-state index contributed by atoms with van der Waals surface area (Å²) in [6.45, 7) is 0.387. The smallest absolute Gasteiger partial charge is 0.243 e. The fourth-order valence-corrected chi connectivity index (χ4v) is 6.27. The molecule has 3 aromatic rings. The third kappa shape index (κ3) is 8.89. The number of amides is 2. The van der Waals surface area contributed by atoms with Gasteiger partial charge < -0.3 is 10.2 Å². The predicted molar refractivity (Wildman–Crippen MR) is 160 cm³/mol. The average molecular weight is 614 g/mol. The summed E-state index contributed by atoms with van der Waals surface area (Å²) in [4.78, 5) is 30.4. The van der Waals surface area contributed by atoms with Crippen LogP contribution in [0.5, 0.6) is 0 Å². The van der Waals surface area contributed by atoms with Crippen LogP contribution in [0.1, 0.15) is 49.7 Å². The highest BCUT2D eigenvalue weighted by Crippen LogP contribution is 2.24.